The number of β-amino-alcohol motifs (C(OH)–C–C–N with tert-alkyl or cyclic N) is 1. The van der Waals surface area contributed by atoms with Crippen molar-refractivity contribution in [2.45, 2.75) is 19.4 Å². The lowest BCUT2D eigenvalue weighted by Gasteiger charge is -2.34. The highest BCUT2D eigenvalue weighted by Gasteiger charge is 2.28. The second-order valence-electron chi connectivity index (χ2n) is 5.29. The van der Waals surface area contributed by atoms with Gasteiger partial charge in [-0.3, -0.25) is 4.79 Å². The highest BCUT2D eigenvalue weighted by Crippen LogP contribution is 2.19. The summed E-state index contributed by atoms with van der Waals surface area (Å²) in [5.74, 6) is 4.57. The monoisotopic (exact) mass is 290 g/mol. The average molecular weight is 290 g/mol. The normalized spacial score (nSPS) is 21.6. The van der Waals surface area contributed by atoms with Crippen molar-refractivity contribution in [2.75, 3.05) is 19.6 Å². The van der Waals surface area contributed by atoms with Gasteiger partial charge in [0.15, 0.2) is 0 Å². The Labute approximate surface area is 123 Å². The number of aliphatic hydroxyl groups excluding tert-OH is 1. The molecule has 2 unspecified atom stereocenters. The Balaban J connectivity index is 2.15. The molecule has 2 atom stereocenters. The van der Waals surface area contributed by atoms with Crippen molar-refractivity contribution < 1.29 is 14.3 Å². The molecule has 3 N–H and O–H groups in total. The SMILES string of the molecule is CC1CCN(C(=O)c2ccc(C#CCN)c(F)c2)CC1O. The Bertz CT molecular complexity index is 592. The van der Waals surface area contributed by atoms with Crippen LogP contribution in [0.2, 0.25) is 0 Å². The summed E-state index contributed by atoms with van der Waals surface area (Å²) in [5, 5.41) is 9.84. The fourth-order valence-corrected chi connectivity index (χ4v) is 2.31. The summed E-state index contributed by atoms with van der Waals surface area (Å²) in [7, 11) is 0. The maximum Gasteiger partial charge on any atom is 0.254 e. The first-order chi connectivity index (χ1) is 10.0. The van der Waals surface area contributed by atoms with Crippen LogP contribution in [0.1, 0.15) is 29.3 Å². The zero-order valence-electron chi connectivity index (χ0n) is 12.0. The van der Waals surface area contributed by atoms with Crippen LogP contribution in [0.5, 0.6) is 0 Å². The lowest BCUT2D eigenvalue weighted by atomic mass is 9.95. The molecule has 0 aliphatic carbocycles. The van der Waals surface area contributed by atoms with Crippen molar-refractivity contribution in [2.24, 2.45) is 11.7 Å². The summed E-state index contributed by atoms with van der Waals surface area (Å²) in [6, 6.07) is 4.22. The van der Waals surface area contributed by atoms with Crippen molar-refractivity contribution in [1.82, 2.24) is 4.90 Å². The molecular formula is C16H19FN2O2. The van der Waals surface area contributed by atoms with Crippen molar-refractivity contribution in [3.05, 3.63) is 35.1 Å². The number of piperidine rings is 1. The van der Waals surface area contributed by atoms with E-state index < -0.39 is 11.9 Å². The van der Waals surface area contributed by atoms with Crippen molar-refractivity contribution in [3.8, 4) is 11.8 Å². The van der Waals surface area contributed by atoms with Gasteiger partial charge >= 0.3 is 0 Å². The Morgan fingerprint density at radius 1 is 1.57 bits per heavy atom. The minimum atomic E-state index is -0.535. The van der Waals surface area contributed by atoms with Gasteiger partial charge in [-0.15, -0.1) is 0 Å². The number of benzene rings is 1. The fraction of sp³-hybridized carbons (Fsp3) is 0.438. The number of carbonyl (C=O) groups is 1. The van der Waals surface area contributed by atoms with Gasteiger partial charge in [0.1, 0.15) is 5.82 Å². The predicted octanol–water partition coefficient (Wildman–Crippen LogP) is 0.979. The van der Waals surface area contributed by atoms with E-state index >= 15 is 0 Å². The average Bonchev–Trinajstić information content (AvgIpc) is 2.48. The second kappa shape index (κ2) is 6.70. The van der Waals surface area contributed by atoms with E-state index in [1.165, 1.54) is 12.1 Å². The Morgan fingerprint density at radius 2 is 2.33 bits per heavy atom. The van der Waals surface area contributed by atoms with Crippen molar-refractivity contribution in [3.63, 3.8) is 0 Å². The number of hydrogen-bond acceptors (Lipinski definition) is 3. The minimum absolute atomic E-state index is 0.157. The molecule has 0 aromatic heterocycles. The Kier molecular flexibility index (Phi) is 4.94. The zero-order chi connectivity index (χ0) is 15.4. The summed E-state index contributed by atoms with van der Waals surface area (Å²) in [5.41, 5.74) is 5.74. The van der Waals surface area contributed by atoms with Crippen LogP contribution >= 0.6 is 0 Å². The number of amides is 1. The molecule has 1 heterocycles. The predicted molar refractivity (Wildman–Crippen MR) is 78.0 cm³/mol. The molecule has 0 radical (unpaired) electrons. The molecule has 1 aromatic carbocycles. The van der Waals surface area contributed by atoms with Gasteiger partial charge in [-0.25, -0.2) is 4.39 Å². The number of halogens is 1. The van der Waals surface area contributed by atoms with Gasteiger partial charge in [-0.1, -0.05) is 18.8 Å². The molecule has 4 nitrogen and oxygen atoms in total. The molecule has 1 fully saturated rings. The van der Waals surface area contributed by atoms with Crippen LogP contribution < -0.4 is 5.73 Å². The number of hydrogen-bond donors (Lipinski definition) is 2. The lowest BCUT2D eigenvalue weighted by molar-refractivity contribution is 0.0248. The first-order valence-corrected chi connectivity index (χ1v) is 6.98. The molecule has 1 aliphatic rings. The van der Waals surface area contributed by atoms with E-state index in [1.807, 2.05) is 6.92 Å². The van der Waals surface area contributed by atoms with Crippen LogP contribution in [-0.4, -0.2) is 41.7 Å². The van der Waals surface area contributed by atoms with Crippen LogP contribution in [0.15, 0.2) is 18.2 Å². The van der Waals surface area contributed by atoms with E-state index in [4.69, 9.17) is 5.73 Å². The summed E-state index contributed by atoms with van der Waals surface area (Å²) < 4.78 is 13.9. The van der Waals surface area contributed by atoms with Gasteiger partial charge in [0.2, 0.25) is 0 Å². The topological polar surface area (TPSA) is 66.6 Å². The van der Waals surface area contributed by atoms with Crippen LogP contribution in [0.25, 0.3) is 0 Å². The van der Waals surface area contributed by atoms with Gasteiger partial charge in [-0.05, 0) is 30.5 Å². The number of aliphatic hydroxyl groups is 1. The second-order valence-corrected chi connectivity index (χ2v) is 5.29. The fourth-order valence-electron chi connectivity index (χ4n) is 2.31. The molecule has 1 aliphatic heterocycles. The Morgan fingerprint density at radius 3 is 2.95 bits per heavy atom. The molecule has 0 saturated carbocycles. The van der Waals surface area contributed by atoms with Gasteiger partial charge in [0, 0.05) is 18.7 Å². The highest BCUT2D eigenvalue weighted by molar-refractivity contribution is 5.94. The molecule has 5 heteroatoms. The number of nitrogens with zero attached hydrogens (tertiary/aromatic N) is 1. The molecule has 21 heavy (non-hydrogen) atoms. The van der Waals surface area contributed by atoms with Crippen LogP contribution in [0, 0.1) is 23.6 Å². The van der Waals surface area contributed by atoms with E-state index in [2.05, 4.69) is 11.8 Å². The summed E-state index contributed by atoms with van der Waals surface area (Å²) in [4.78, 5) is 13.9. The van der Waals surface area contributed by atoms with Gasteiger partial charge in [0.25, 0.3) is 5.91 Å². The molecule has 2 rings (SSSR count). The van der Waals surface area contributed by atoms with E-state index in [9.17, 15) is 14.3 Å². The van der Waals surface area contributed by atoms with Gasteiger partial charge < -0.3 is 15.7 Å². The van der Waals surface area contributed by atoms with Crippen LogP contribution in [0.4, 0.5) is 4.39 Å². The number of carbonyl (C=O) groups excluding carboxylic acids is 1. The molecule has 1 amide bonds. The summed E-state index contributed by atoms with van der Waals surface area (Å²) in [6.45, 7) is 2.98. The number of rotatable bonds is 1. The largest absolute Gasteiger partial charge is 0.391 e. The number of likely N-dealkylation sites (tertiary alicyclic amines) is 1. The first kappa shape index (κ1) is 15.5. The van der Waals surface area contributed by atoms with Gasteiger partial charge in [0.05, 0.1) is 18.2 Å². The third-order valence-corrected chi connectivity index (χ3v) is 3.75. The standard InChI is InChI=1S/C16H19FN2O2/c1-11-6-8-19(10-15(11)20)16(21)13-5-4-12(3-2-7-18)14(17)9-13/h4-5,9,11,15,20H,6-8,10,18H2,1H3. The molecule has 0 spiro atoms. The molecule has 0 bridgehead atoms. The molecular weight excluding hydrogens is 271 g/mol. The Hall–Kier alpha value is -1.90. The highest BCUT2D eigenvalue weighted by atomic mass is 19.1. The smallest absolute Gasteiger partial charge is 0.254 e. The molecule has 1 saturated heterocycles. The van der Waals surface area contributed by atoms with E-state index in [0.29, 0.717) is 6.54 Å². The maximum absolute atomic E-state index is 13.9. The van der Waals surface area contributed by atoms with E-state index in [-0.39, 0.29) is 36.0 Å². The minimum Gasteiger partial charge on any atom is -0.391 e. The first-order valence-electron chi connectivity index (χ1n) is 6.98. The number of nitrogens with two attached hydrogens (primary N) is 1. The summed E-state index contributed by atoms with van der Waals surface area (Å²) >= 11 is 0. The quantitative estimate of drug-likeness (QED) is 0.758. The van der Waals surface area contributed by atoms with E-state index in [1.54, 1.807) is 11.0 Å². The third kappa shape index (κ3) is 3.60. The van der Waals surface area contributed by atoms with Crippen molar-refractivity contribution >= 4 is 5.91 Å². The maximum atomic E-state index is 13.9. The summed E-state index contributed by atoms with van der Waals surface area (Å²) in [6.07, 6.45) is 0.220. The third-order valence-electron chi connectivity index (χ3n) is 3.75. The van der Waals surface area contributed by atoms with Crippen LogP contribution in [-0.2, 0) is 0 Å². The zero-order valence-corrected chi connectivity index (χ0v) is 12.0. The molecule has 112 valence electrons. The van der Waals surface area contributed by atoms with E-state index in [0.717, 1.165) is 6.42 Å². The lowest BCUT2D eigenvalue weighted by Crippen LogP contribution is -2.45. The van der Waals surface area contributed by atoms with Gasteiger partial charge in [-0.2, -0.15) is 0 Å². The molecule has 1 aromatic rings. The van der Waals surface area contributed by atoms with Crippen molar-refractivity contribution in [1.29, 1.82) is 0 Å². The van der Waals surface area contributed by atoms with Crippen LogP contribution in [0.3, 0.4) is 0 Å².